The average molecular weight is 348 g/mol. The minimum Gasteiger partial charge on any atom is -0.481 e. The maximum absolute atomic E-state index is 11.8. The second-order valence-corrected chi connectivity index (χ2v) is 7.47. The third-order valence-corrected chi connectivity index (χ3v) is 4.97. The smallest absolute Gasteiger partial charge is 0.308 e. The minimum atomic E-state index is -3.35. The SMILES string of the molecule is CS(=O)(=O)c1cccc(Br)c1N1CCC(C(=O)O)C1. The predicted octanol–water partition coefficient (Wildman–Crippen LogP) is 1.76. The molecule has 104 valence electrons. The molecular weight excluding hydrogens is 334 g/mol. The highest BCUT2D eigenvalue weighted by atomic mass is 79.9. The summed E-state index contributed by atoms with van der Waals surface area (Å²) in [7, 11) is -3.35. The second kappa shape index (κ2) is 5.13. The summed E-state index contributed by atoms with van der Waals surface area (Å²) in [6.07, 6.45) is 1.68. The van der Waals surface area contributed by atoms with Gasteiger partial charge in [-0.2, -0.15) is 0 Å². The molecule has 0 bridgehead atoms. The topological polar surface area (TPSA) is 74.7 Å². The van der Waals surface area contributed by atoms with Crippen molar-refractivity contribution in [3.05, 3.63) is 22.7 Å². The van der Waals surface area contributed by atoms with Crippen LogP contribution in [0.25, 0.3) is 0 Å². The monoisotopic (exact) mass is 347 g/mol. The van der Waals surface area contributed by atoms with E-state index in [1.807, 2.05) is 4.90 Å². The summed E-state index contributed by atoms with van der Waals surface area (Å²) in [6, 6.07) is 4.97. The Morgan fingerprint density at radius 3 is 2.68 bits per heavy atom. The van der Waals surface area contributed by atoms with Gasteiger partial charge in [0.15, 0.2) is 9.84 Å². The number of para-hydroxylation sites is 1. The molecule has 7 heteroatoms. The number of halogens is 1. The minimum absolute atomic E-state index is 0.230. The molecule has 1 heterocycles. The summed E-state index contributed by atoms with van der Waals surface area (Å²) in [5, 5.41) is 9.02. The lowest BCUT2D eigenvalue weighted by Gasteiger charge is -2.22. The van der Waals surface area contributed by atoms with Crippen LogP contribution in [0.3, 0.4) is 0 Å². The Kier molecular flexibility index (Phi) is 3.87. The van der Waals surface area contributed by atoms with E-state index in [1.165, 1.54) is 0 Å². The van der Waals surface area contributed by atoms with Crippen molar-refractivity contribution in [3.8, 4) is 0 Å². The molecule has 1 atom stereocenters. The fraction of sp³-hybridized carbons (Fsp3) is 0.417. The molecule has 0 amide bonds. The number of anilines is 1. The lowest BCUT2D eigenvalue weighted by Crippen LogP contribution is -2.24. The molecule has 5 nitrogen and oxygen atoms in total. The van der Waals surface area contributed by atoms with E-state index in [0.29, 0.717) is 29.7 Å². The normalized spacial score (nSPS) is 19.7. The standard InChI is InChI=1S/C12H14BrNO4S/c1-19(17,18)10-4-2-3-9(13)11(10)14-6-5-8(7-14)12(15)16/h2-4,8H,5-7H2,1H3,(H,15,16). The summed E-state index contributed by atoms with van der Waals surface area (Å²) in [6.45, 7) is 0.878. The van der Waals surface area contributed by atoms with Gasteiger partial charge in [0.05, 0.1) is 16.5 Å². The molecule has 0 saturated carbocycles. The molecule has 19 heavy (non-hydrogen) atoms. The zero-order chi connectivity index (χ0) is 14.2. The molecule has 1 unspecified atom stereocenters. The van der Waals surface area contributed by atoms with Crippen LogP contribution in [0.1, 0.15) is 6.42 Å². The molecule has 1 aromatic rings. The van der Waals surface area contributed by atoms with Crippen LogP contribution in [0.5, 0.6) is 0 Å². The van der Waals surface area contributed by atoms with Crippen molar-refractivity contribution in [2.45, 2.75) is 11.3 Å². The van der Waals surface area contributed by atoms with E-state index in [-0.39, 0.29) is 4.90 Å². The predicted molar refractivity (Wildman–Crippen MR) is 75.2 cm³/mol. The summed E-state index contributed by atoms with van der Waals surface area (Å²) < 4.78 is 24.3. The Morgan fingerprint density at radius 1 is 1.47 bits per heavy atom. The Labute approximate surface area is 120 Å². The van der Waals surface area contributed by atoms with E-state index in [9.17, 15) is 13.2 Å². The molecule has 1 aliphatic rings. The van der Waals surface area contributed by atoms with Crippen molar-refractivity contribution in [3.63, 3.8) is 0 Å². The van der Waals surface area contributed by atoms with Crippen LogP contribution < -0.4 is 4.90 Å². The fourth-order valence-electron chi connectivity index (χ4n) is 2.27. The Bertz CT molecular complexity index is 614. The van der Waals surface area contributed by atoms with E-state index in [0.717, 1.165) is 6.26 Å². The van der Waals surface area contributed by atoms with Crippen LogP contribution in [0.4, 0.5) is 5.69 Å². The molecule has 2 rings (SSSR count). The van der Waals surface area contributed by atoms with Gasteiger partial charge >= 0.3 is 5.97 Å². The van der Waals surface area contributed by atoms with Gasteiger partial charge in [-0.05, 0) is 34.5 Å². The van der Waals surface area contributed by atoms with Crippen molar-refractivity contribution < 1.29 is 18.3 Å². The highest BCUT2D eigenvalue weighted by Gasteiger charge is 2.31. The van der Waals surface area contributed by atoms with Gasteiger partial charge in [-0.25, -0.2) is 8.42 Å². The average Bonchev–Trinajstić information content (AvgIpc) is 2.76. The van der Waals surface area contributed by atoms with Crippen molar-refractivity contribution in [1.29, 1.82) is 0 Å². The van der Waals surface area contributed by atoms with Crippen LogP contribution in [0, 0.1) is 5.92 Å². The second-order valence-electron chi connectivity index (χ2n) is 4.63. The van der Waals surface area contributed by atoms with Gasteiger partial charge in [-0.1, -0.05) is 6.07 Å². The maximum Gasteiger partial charge on any atom is 0.308 e. The highest BCUT2D eigenvalue weighted by molar-refractivity contribution is 9.10. The number of nitrogens with zero attached hydrogens (tertiary/aromatic N) is 1. The third-order valence-electron chi connectivity index (χ3n) is 3.20. The molecule has 1 aromatic carbocycles. The van der Waals surface area contributed by atoms with Crippen LogP contribution in [0.2, 0.25) is 0 Å². The highest BCUT2D eigenvalue weighted by Crippen LogP contribution is 2.36. The van der Waals surface area contributed by atoms with Gasteiger partial charge in [0, 0.05) is 23.8 Å². The maximum atomic E-state index is 11.8. The van der Waals surface area contributed by atoms with Crippen LogP contribution in [-0.2, 0) is 14.6 Å². The molecule has 0 aromatic heterocycles. The molecule has 1 N–H and O–H groups in total. The molecule has 1 saturated heterocycles. The number of carboxylic acid groups (broad SMARTS) is 1. The van der Waals surface area contributed by atoms with Gasteiger partial charge in [-0.15, -0.1) is 0 Å². The first-order valence-electron chi connectivity index (χ1n) is 5.77. The number of carbonyl (C=O) groups is 1. The number of benzene rings is 1. The van der Waals surface area contributed by atoms with E-state index >= 15 is 0 Å². The van der Waals surface area contributed by atoms with E-state index < -0.39 is 21.7 Å². The zero-order valence-corrected chi connectivity index (χ0v) is 12.7. The summed E-state index contributed by atoms with van der Waals surface area (Å²) >= 11 is 3.35. The van der Waals surface area contributed by atoms with Crippen molar-refractivity contribution in [2.24, 2.45) is 5.92 Å². The summed E-state index contributed by atoms with van der Waals surface area (Å²) in [5.41, 5.74) is 0.564. The van der Waals surface area contributed by atoms with E-state index in [4.69, 9.17) is 5.11 Å². The Balaban J connectivity index is 2.44. The van der Waals surface area contributed by atoms with Crippen LogP contribution in [0.15, 0.2) is 27.6 Å². The number of sulfone groups is 1. The first-order valence-corrected chi connectivity index (χ1v) is 8.45. The molecular formula is C12H14BrNO4S. The van der Waals surface area contributed by atoms with Gasteiger partial charge in [0.1, 0.15) is 0 Å². The van der Waals surface area contributed by atoms with Crippen LogP contribution in [-0.4, -0.2) is 38.8 Å². The first-order chi connectivity index (χ1) is 8.80. The number of hydrogen-bond acceptors (Lipinski definition) is 4. The van der Waals surface area contributed by atoms with Crippen molar-refractivity contribution >= 4 is 37.4 Å². The Hall–Kier alpha value is -1.08. The largest absolute Gasteiger partial charge is 0.481 e. The summed E-state index contributed by atoms with van der Waals surface area (Å²) in [5.74, 6) is -1.28. The first kappa shape index (κ1) is 14.3. The van der Waals surface area contributed by atoms with Crippen LogP contribution >= 0.6 is 15.9 Å². The molecule has 1 fully saturated rings. The lowest BCUT2D eigenvalue weighted by atomic mass is 10.1. The molecule has 0 radical (unpaired) electrons. The summed E-state index contributed by atoms with van der Waals surface area (Å²) in [4.78, 5) is 13.0. The van der Waals surface area contributed by atoms with Gasteiger partial charge in [-0.3, -0.25) is 4.79 Å². The van der Waals surface area contributed by atoms with Gasteiger partial charge < -0.3 is 10.0 Å². The van der Waals surface area contributed by atoms with E-state index in [1.54, 1.807) is 18.2 Å². The van der Waals surface area contributed by atoms with Gasteiger partial charge in [0.2, 0.25) is 0 Å². The number of aliphatic carboxylic acids is 1. The molecule has 0 spiro atoms. The fourth-order valence-corrected chi connectivity index (χ4v) is 3.93. The zero-order valence-electron chi connectivity index (χ0n) is 10.3. The molecule has 0 aliphatic carbocycles. The quantitative estimate of drug-likeness (QED) is 0.901. The van der Waals surface area contributed by atoms with E-state index in [2.05, 4.69) is 15.9 Å². The number of hydrogen-bond donors (Lipinski definition) is 1. The number of rotatable bonds is 3. The Morgan fingerprint density at radius 2 is 2.16 bits per heavy atom. The molecule has 1 aliphatic heterocycles. The number of carboxylic acids is 1. The van der Waals surface area contributed by atoms with Crippen molar-refractivity contribution in [1.82, 2.24) is 0 Å². The lowest BCUT2D eigenvalue weighted by molar-refractivity contribution is -0.140. The third kappa shape index (κ3) is 2.92. The van der Waals surface area contributed by atoms with Crippen molar-refractivity contribution in [2.75, 3.05) is 24.2 Å². The van der Waals surface area contributed by atoms with Gasteiger partial charge in [0.25, 0.3) is 0 Å².